The van der Waals surface area contributed by atoms with Crippen LogP contribution >= 0.6 is 0 Å². The second-order valence-corrected chi connectivity index (χ2v) is 7.95. The highest BCUT2D eigenvalue weighted by atomic mass is 16.5. The van der Waals surface area contributed by atoms with Gasteiger partial charge in [-0.2, -0.15) is 0 Å². The van der Waals surface area contributed by atoms with Crippen molar-refractivity contribution in [2.24, 2.45) is 5.92 Å². The van der Waals surface area contributed by atoms with Crippen molar-refractivity contribution in [1.29, 1.82) is 0 Å². The van der Waals surface area contributed by atoms with Gasteiger partial charge in [0, 0.05) is 24.1 Å². The number of carbonyl (C=O) groups excluding carboxylic acids is 1. The summed E-state index contributed by atoms with van der Waals surface area (Å²) in [6.45, 7) is 0.817. The lowest BCUT2D eigenvalue weighted by Crippen LogP contribution is -2.45. The van der Waals surface area contributed by atoms with Gasteiger partial charge in [0.2, 0.25) is 0 Å². The molecule has 2 aliphatic carbocycles. The minimum atomic E-state index is -0.245. The Kier molecular flexibility index (Phi) is 4.72. The SMILES string of the molecule is COc1ccc(C(=O)N2CCCC2C2CCCCC2O)cc1C1CC1. The van der Waals surface area contributed by atoms with Gasteiger partial charge in [-0.05, 0) is 68.2 Å². The first-order chi connectivity index (χ1) is 12.2. The van der Waals surface area contributed by atoms with Crippen LogP contribution in [-0.2, 0) is 0 Å². The van der Waals surface area contributed by atoms with Crippen molar-refractivity contribution in [3.63, 3.8) is 0 Å². The molecule has 4 nitrogen and oxygen atoms in total. The molecular formula is C21H29NO3. The topological polar surface area (TPSA) is 49.8 Å². The third kappa shape index (κ3) is 3.29. The lowest BCUT2D eigenvalue weighted by molar-refractivity contribution is 0.0211. The van der Waals surface area contributed by atoms with Crippen LogP contribution in [0.1, 0.15) is 73.2 Å². The Hall–Kier alpha value is -1.55. The number of rotatable bonds is 4. The fourth-order valence-electron chi connectivity index (χ4n) is 4.83. The summed E-state index contributed by atoms with van der Waals surface area (Å²) in [5.41, 5.74) is 1.96. The van der Waals surface area contributed by atoms with Crippen molar-refractivity contribution < 1.29 is 14.6 Å². The van der Waals surface area contributed by atoms with Gasteiger partial charge < -0.3 is 14.7 Å². The van der Waals surface area contributed by atoms with Crippen molar-refractivity contribution in [3.05, 3.63) is 29.3 Å². The number of hydrogen-bond donors (Lipinski definition) is 1. The molecule has 1 heterocycles. The molecule has 0 spiro atoms. The highest BCUT2D eigenvalue weighted by Crippen LogP contribution is 2.45. The van der Waals surface area contributed by atoms with Crippen LogP contribution in [0.15, 0.2) is 18.2 Å². The number of amides is 1. The monoisotopic (exact) mass is 343 g/mol. The van der Waals surface area contributed by atoms with Gasteiger partial charge in [-0.25, -0.2) is 0 Å². The van der Waals surface area contributed by atoms with Gasteiger partial charge >= 0.3 is 0 Å². The fraction of sp³-hybridized carbons (Fsp3) is 0.667. The number of methoxy groups -OCH3 is 1. The van der Waals surface area contributed by atoms with Crippen LogP contribution in [0.2, 0.25) is 0 Å². The van der Waals surface area contributed by atoms with Crippen molar-refractivity contribution in [2.75, 3.05) is 13.7 Å². The Balaban J connectivity index is 1.56. The van der Waals surface area contributed by atoms with Crippen LogP contribution in [0.5, 0.6) is 5.75 Å². The molecule has 0 bridgehead atoms. The molecule has 3 fully saturated rings. The summed E-state index contributed by atoms with van der Waals surface area (Å²) < 4.78 is 5.48. The molecule has 3 aliphatic rings. The summed E-state index contributed by atoms with van der Waals surface area (Å²) in [6, 6.07) is 6.10. The van der Waals surface area contributed by atoms with Crippen molar-refractivity contribution in [1.82, 2.24) is 4.90 Å². The summed E-state index contributed by atoms with van der Waals surface area (Å²) in [7, 11) is 1.70. The third-order valence-electron chi connectivity index (χ3n) is 6.33. The van der Waals surface area contributed by atoms with Crippen LogP contribution in [0.3, 0.4) is 0 Å². The van der Waals surface area contributed by atoms with Gasteiger partial charge in [-0.1, -0.05) is 12.8 Å². The largest absolute Gasteiger partial charge is 0.496 e. The molecule has 4 heteroatoms. The zero-order valence-corrected chi connectivity index (χ0v) is 15.1. The maximum atomic E-state index is 13.2. The van der Waals surface area contributed by atoms with Crippen LogP contribution in [0.25, 0.3) is 0 Å². The second-order valence-electron chi connectivity index (χ2n) is 7.95. The molecule has 1 amide bonds. The predicted molar refractivity (Wildman–Crippen MR) is 97.0 cm³/mol. The van der Waals surface area contributed by atoms with E-state index in [1.807, 2.05) is 23.1 Å². The Labute approximate surface area is 150 Å². The van der Waals surface area contributed by atoms with E-state index < -0.39 is 0 Å². The van der Waals surface area contributed by atoms with Crippen molar-refractivity contribution in [2.45, 2.75) is 69.4 Å². The fourth-order valence-corrected chi connectivity index (χ4v) is 4.83. The number of benzene rings is 1. The highest BCUT2D eigenvalue weighted by Gasteiger charge is 2.39. The Morgan fingerprint density at radius 2 is 1.92 bits per heavy atom. The molecular weight excluding hydrogens is 314 g/mol. The van der Waals surface area contributed by atoms with Gasteiger partial charge in [0.05, 0.1) is 13.2 Å². The van der Waals surface area contributed by atoms with E-state index in [0.29, 0.717) is 5.92 Å². The van der Waals surface area contributed by atoms with Crippen molar-refractivity contribution >= 4 is 5.91 Å². The average molecular weight is 343 g/mol. The van der Waals surface area contributed by atoms with Gasteiger partial charge in [0.25, 0.3) is 5.91 Å². The van der Waals surface area contributed by atoms with E-state index in [-0.39, 0.29) is 24.0 Å². The molecule has 1 aromatic rings. The first-order valence-corrected chi connectivity index (χ1v) is 9.86. The smallest absolute Gasteiger partial charge is 0.254 e. The van der Waals surface area contributed by atoms with Gasteiger partial charge in [-0.3, -0.25) is 4.79 Å². The first-order valence-electron chi connectivity index (χ1n) is 9.86. The van der Waals surface area contributed by atoms with Crippen LogP contribution in [0, 0.1) is 5.92 Å². The number of ether oxygens (including phenoxy) is 1. The van der Waals surface area contributed by atoms with Gasteiger partial charge in [-0.15, -0.1) is 0 Å². The van der Waals surface area contributed by atoms with E-state index >= 15 is 0 Å². The van der Waals surface area contributed by atoms with Crippen LogP contribution in [-0.4, -0.2) is 41.7 Å². The number of aliphatic hydroxyl groups excluding tert-OH is 1. The highest BCUT2D eigenvalue weighted by molar-refractivity contribution is 5.95. The van der Waals surface area contributed by atoms with Crippen LogP contribution in [0.4, 0.5) is 0 Å². The minimum absolute atomic E-state index is 0.129. The maximum Gasteiger partial charge on any atom is 0.254 e. The lowest BCUT2D eigenvalue weighted by Gasteiger charge is -2.37. The number of aliphatic hydroxyl groups is 1. The number of carbonyl (C=O) groups is 1. The molecule has 1 N–H and O–H groups in total. The molecule has 1 aliphatic heterocycles. The molecule has 4 rings (SSSR count). The predicted octanol–water partition coefficient (Wildman–Crippen LogP) is 3.73. The minimum Gasteiger partial charge on any atom is -0.496 e. The molecule has 136 valence electrons. The van der Waals surface area contributed by atoms with Gasteiger partial charge in [0.15, 0.2) is 0 Å². The van der Waals surface area contributed by atoms with E-state index in [4.69, 9.17) is 4.74 Å². The Morgan fingerprint density at radius 1 is 1.12 bits per heavy atom. The Bertz CT molecular complexity index is 640. The molecule has 25 heavy (non-hydrogen) atoms. The molecule has 3 unspecified atom stereocenters. The first kappa shape index (κ1) is 16.9. The van der Waals surface area contributed by atoms with E-state index in [9.17, 15) is 9.90 Å². The molecule has 1 saturated heterocycles. The normalized spacial score (nSPS) is 29.7. The third-order valence-corrected chi connectivity index (χ3v) is 6.33. The van der Waals surface area contributed by atoms with E-state index in [1.54, 1.807) is 7.11 Å². The quantitative estimate of drug-likeness (QED) is 0.906. The summed E-state index contributed by atoms with van der Waals surface area (Å²) in [6.07, 6.45) is 8.43. The maximum absolute atomic E-state index is 13.2. The van der Waals surface area contributed by atoms with E-state index in [1.165, 1.54) is 24.8 Å². The number of likely N-dealkylation sites (tertiary alicyclic amines) is 1. The van der Waals surface area contributed by atoms with Crippen molar-refractivity contribution in [3.8, 4) is 5.75 Å². The zero-order valence-electron chi connectivity index (χ0n) is 15.1. The molecule has 0 aromatic heterocycles. The van der Waals surface area contributed by atoms with E-state index in [0.717, 1.165) is 50.0 Å². The summed E-state index contributed by atoms with van der Waals surface area (Å²) >= 11 is 0. The number of hydrogen-bond acceptors (Lipinski definition) is 3. The molecule has 2 saturated carbocycles. The average Bonchev–Trinajstić information content (AvgIpc) is 3.38. The van der Waals surface area contributed by atoms with E-state index in [2.05, 4.69) is 0 Å². The number of nitrogens with zero attached hydrogens (tertiary/aromatic N) is 1. The van der Waals surface area contributed by atoms with Crippen LogP contribution < -0.4 is 4.74 Å². The lowest BCUT2D eigenvalue weighted by atomic mass is 9.80. The molecule has 0 radical (unpaired) electrons. The summed E-state index contributed by atoms with van der Waals surface area (Å²) in [4.78, 5) is 15.2. The molecule has 3 atom stereocenters. The second kappa shape index (κ2) is 6.99. The summed E-state index contributed by atoms with van der Waals surface area (Å²) in [5.74, 6) is 1.84. The zero-order chi connectivity index (χ0) is 17.4. The standard InChI is InChI=1S/C21H29NO3/c1-25-20-11-10-15(13-17(20)14-8-9-14)21(24)22-12-4-6-18(22)16-5-2-3-7-19(16)23/h10-11,13-14,16,18-19,23H,2-9,12H2,1H3. The molecule has 1 aromatic carbocycles. The van der Waals surface area contributed by atoms with Gasteiger partial charge in [0.1, 0.15) is 5.75 Å². The summed E-state index contributed by atoms with van der Waals surface area (Å²) in [5, 5.41) is 10.4. The Morgan fingerprint density at radius 3 is 2.64 bits per heavy atom.